The van der Waals surface area contributed by atoms with Crippen molar-refractivity contribution in [1.82, 2.24) is 10.6 Å². The molecule has 3 N–H and O–H groups in total. The van der Waals surface area contributed by atoms with Crippen LogP contribution in [0.3, 0.4) is 0 Å². The quantitative estimate of drug-likeness (QED) is 0.594. The maximum Gasteiger partial charge on any atom is 0.326 e. The number of carbonyl (C=O) groups excluding carboxylic acids is 1. The second-order valence-electron chi connectivity index (χ2n) is 3.98. The van der Waals surface area contributed by atoms with Gasteiger partial charge in [-0.2, -0.15) is 11.8 Å². The molecule has 1 fully saturated rings. The Morgan fingerprint density at radius 1 is 1.53 bits per heavy atom. The van der Waals surface area contributed by atoms with Crippen LogP contribution in [-0.4, -0.2) is 48.1 Å². The minimum Gasteiger partial charge on any atom is -0.480 e. The lowest BCUT2D eigenvalue weighted by Crippen LogP contribution is -2.43. The smallest absolute Gasteiger partial charge is 0.326 e. The zero-order valence-corrected chi connectivity index (χ0v) is 10.9. The average molecular weight is 258 g/mol. The Morgan fingerprint density at radius 2 is 2.18 bits per heavy atom. The molecular formula is C11H18N2O3S. The third-order valence-corrected chi connectivity index (χ3v) is 3.41. The van der Waals surface area contributed by atoms with Crippen LogP contribution in [0.15, 0.2) is 11.1 Å². The molecule has 0 spiro atoms. The lowest BCUT2D eigenvalue weighted by atomic mass is 10.0. The number of carboxylic acids is 1. The van der Waals surface area contributed by atoms with E-state index < -0.39 is 12.0 Å². The van der Waals surface area contributed by atoms with E-state index in [-0.39, 0.29) is 5.91 Å². The lowest BCUT2D eigenvalue weighted by molar-refractivity contribution is -0.141. The molecule has 0 radical (unpaired) electrons. The minimum absolute atomic E-state index is 0.269. The summed E-state index contributed by atoms with van der Waals surface area (Å²) in [6, 6.07) is -0.793. The van der Waals surface area contributed by atoms with Crippen LogP contribution in [0, 0.1) is 0 Å². The van der Waals surface area contributed by atoms with Gasteiger partial charge in [0.05, 0.1) is 0 Å². The molecule has 0 unspecified atom stereocenters. The monoisotopic (exact) mass is 258 g/mol. The predicted molar refractivity (Wildman–Crippen MR) is 68.1 cm³/mol. The number of carboxylic acid groups (broad SMARTS) is 1. The van der Waals surface area contributed by atoms with Crippen molar-refractivity contribution >= 4 is 23.6 Å². The number of hydrogen-bond donors (Lipinski definition) is 3. The van der Waals surface area contributed by atoms with E-state index in [1.165, 1.54) is 0 Å². The lowest BCUT2D eigenvalue weighted by Gasteiger charge is -2.22. The van der Waals surface area contributed by atoms with Gasteiger partial charge in [-0.25, -0.2) is 4.79 Å². The van der Waals surface area contributed by atoms with Crippen molar-refractivity contribution in [3.05, 3.63) is 11.1 Å². The summed E-state index contributed by atoms with van der Waals surface area (Å²) in [5.41, 5.74) is 1.69. The summed E-state index contributed by atoms with van der Waals surface area (Å²) in [7, 11) is 0. The molecule has 96 valence electrons. The molecule has 0 aliphatic carbocycles. The Labute approximate surface area is 105 Å². The van der Waals surface area contributed by atoms with Gasteiger partial charge in [0.15, 0.2) is 0 Å². The van der Waals surface area contributed by atoms with Crippen LogP contribution >= 0.6 is 11.8 Å². The summed E-state index contributed by atoms with van der Waals surface area (Å²) in [4.78, 5) is 22.8. The third-order valence-electron chi connectivity index (χ3n) is 2.76. The zero-order chi connectivity index (χ0) is 12.8. The Kier molecular flexibility index (Phi) is 5.50. The summed E-state index contributed by atoms with van der Waals surface area (Å²) in [5, 5.41) is 14.6. The second kappa shape index (κ2) is 6.66. The SMILES string of the molecule is CSCC[C@H](NC(=O)C(C)=C1CNC1)C(=O)O. The summed E-state index contributed by atoms with van der Waals surface area (Å²) in [6.45, 7) is 3.18. The average Bonchev–Trinajstić information content (AvgIpc) is 2.20. The molecule has 1 aliphatic rings. The van der Waals surface area contributed by atoms with Crippen LogP contribution in [0.25, 0.3) is 0 Å². The van der Waals surface area contributed by atoms with Gasteiger partial charge in [-0.05, 0) is 30.9 Å². The number of nitrogens with one attached hydrogen (secondary N) is 2. The van der Waals surface area contributed by atoms with Gasteiger partial charge in [-0.1, -0.05) is 0 Å². The Hall–Kier alpha value is -1.01. The molecule has 0 aromatic heterocycles. The van der Waals surface area contributed by atoms with E-state index in [0.29, 0.717) is 17.7 Å². The minimum atomic E-state index is -0.975. The van der Waals surface area contributed by atoms with Crippen molar-refractivity contribution in [3.8, 4) is 0 Å². The number of thioether (sulfide) groups is 1. The molecule has 0 saturated carbocycles. The van der Waals surface area contributed by atoms with E-state index in [1.807, 2.05) is 6.26 Å². The first kappa shape index (κ1) is 14.1. The van der Waals surface area contributed by atoms with Crippen molar-refractivity contribution in [1.29, 1.82) is 0 Å². The molecule has 5 nitrogen and oxygen atoms in total. The fourth-order valence-corrected chi connectivity index (χ4v) is 1.91. The van der Waals surface area contributed by atoms with Gasteiger partial charge in [-0.3, -0.25) is 4.79 Å². The molecule has 0 aromatic rings. The molecule has 0 aromatic carbocycles. The van der Waals surface area contributed by atoms with E-state index in [4.69, 9.17) is 5.11 Å². The van der Waals surface area contributed by atoms with E-state index >= 15 is 0 Å². The van der Waals surface area contributed by atoms with Crippen molar-refractivity contribution in [3.63, 3.8) is 0 Å². The van der Waals surface area contributed by atoms with Crippen LogP contribution in [0.1, 0.15) is 13.3 Å². The predicted octanol–water partition coefficient (Wildman–Crippen LogP) is 0.229. The summed E-state index contributed by atoms with van der Waals surface area (Å²) >= 11 is 1.57. The van der Waals surface area contributed by atoms with Gasteiger partial charge in [0.1, 0.15) is 6.04 Å². The van der Waals surface area contributed by atoms with Crippen LogP contribution in [0.4, 0.5) is 0 Å². The molecule has 1 amide bonds. The molecular weight excluding hydrogens is 240 g/mol. The second-order valence-corrected chi connectivity index (χ2v) is 4.96. The number of hydrogen-bond acceptors (Lipinski definition) is 4. The molecule has 1 aliphatic heterocycles. The maximum absolute atomic E-state index is 11.8. The highest BCUT2D eigenvalue weighted by Gasteiger charge is 2.22. The van der Waals surface area contributed by atoms with Crippen molar-refractivity contribution in [2.75, 3.05) is 25.1 Å². The highest BCUT2D eigenvalue weighted by molar-refractivity contribution is 7.98. The number of aliphatic carboxylic acids is 1. The van der Waals surface area contributed by atoms with E-state index in [9.17, 15) is 9.59 Å². The Morgan fingerprint density at radius 3 is 2.59 bits per heavy atom. The van der Waals surface area contributed by atoms with Crippen molar-refractivity contribution in [2.24, 2.45) is 0 Å². The summed E-state index contributed by atoms with van der Waals surface area (Å²) < 4.78 is 0. The maximum atomic E-state index is 11.8. The molecule has 1 heterocycles. The van der Waals surface area contributed by atoms with Crippen molar-refractivity contribution < 1.29 is 14.7 Å². The van der Waals surface area contributed by atoms with Gasteiger partial charge in [0, 0.05) is 18.7 Å². The van der Waals surface area contributed by atoms with Gasteiger partial charge < -0.3 is 15.7 Å². The fourth-order valence-electron chi connectivity index (χ4n) is 1.44. The zero-order valence-electron chi connectivity index (χ0n) is 10.1. The molecule has 1 rings (SSSR count). The van der Waals surface area contributed by atoms with Crippen LogP contribution < -0.4 is 10.6 Å². The third kappa shape index (κ3) is 4.05. The highest BCUT2D eigenvalue weighted by Crippen LogP contribution is 2.09. The highest BCUT2D eigenvalue weighted by atomic mass is 32.2. The summed E-state index contributed by atoms with van der Waals surface area (Å²) in [5.74, 6) is -0.527. The summed E-state index contributed by atoms with van der Waals surface area (Å²) in [6.07, 6.45) is 2.36. The molecule has 1 atom stereocenters. The van der Waals surface area contributed by atoms with Gasteiger partial charge >= 0.3 is 5.97 Å². The molecule has 1 saturated heterocycles. The van der Waals surface area contributed by atoms with E-state index in [2.05, 4.69) is 10.6 Å². The number of rotatable bonds is 6. The normalized spacial score (nSPS) is 16.0. The first-order valence-electron chi connectivity index (χ1n) is 5.48. The van der Waals surface area contributed by atoms with Gasteiger partial charge in [0.25, 0.3) is 0 Å². The van der Waals surface area contributed by atoms with E-state index in [1.54, 1.807) is 18.7 Å². The van der Waals surface area contributed by atoms with Crippen molar-refractivity contribution in [2.45, 2.75) is 19.4 Å². The number of amides is 1. The van der Waals surface area contributed by atoms with Crippen LogP contribution in [-0.2, 0) is 9.59 Å². The Balaban J connectivity index is 2.54. The molecule has 0 bridgehead atoms. The number of carbonyl (C=O) groups is 2. The molecule has 17 heavy (non-hydrogen) atoms. The largest absolute Gasteiger partial charge is 0.480 e. The molecule has 6 heteroatoms. The van der Waals surface area contributed by atoms with Crippen LogP contribution in [0.5, 0.6) is 0 Å². The first-order valence-corrected chi connectivity index (χ1v) is 6.87. The standard InChI is InChI=1S/C11H18N2O3S/c1-7(8-5-12-6-8)10(14)13-9(11(15)16)3-4-17-2/h9,12H,3-6H2,1-2H3,(H,13,14)(H,15,16)/t9-/m0/s1. The Bertz CT molecular complexity index is 336. The topological polar surface area (TPSA) is 78.4 Å². The van der Waals surface area contributed by atoms with Gasteiger partial charge in [-0.15, -0.1) is 0 Å². The fraction of sp³-hybridized carbons (Fsp3) is 0.636. The van der Waals surface area contributed by atoms with Crippen LogP contribution in [0.2, 0.25) is 0 Å². The first-order chi connectivity index (χ1) is 8.06. The van der Waals surface area contributed by atoms with E-state index in [0.717, 1.165) is 18.7 Å². The van der Waals surface area contributed by atoms with Gasteiger partial charge in [0.2, 0.25) is 5.91 Å².